The second-order valence-corrected chi connectivity index (χ2v) is 10.0. The number of benzene rings is 3. The quantitative estimate of drug-likeness (QED) is 0.227. The summed E-state index contributed by atoms with van der Waals surface area (Å²) in [6.07, 6.45) is 0.614. The SMILES string of the molecule is CCOC(=O)Cc1ccc(Cc2nc(-c3ccccc3Cl)nc3c2C(=O)N(Cc2ccc(OC)cc2OC)C3)cc1. The molecule has 1 aromatic heterocycles. The van der Waals surface area contributed by atoms with E-state index >= 15 is 0 Å². The summed E-state index contributed by atoms with van der Waals surface area (Å²) in [4.78, 5) is 37.1. The molecule has 0 aliphatic carbocycles. The van der Waals surface area contributed by atoms with Crippen molar-refractivity contribution in [2.75, 3.05) is 20.8 Å². The van der Waals surface area contributed by atoms with E-state index in [0.29, 0.717) is 71.0 Å². The molecule has 4 aromatic rings. The Morgan fingerprint density at radius 3 is 2.44 bits per heavy atom. The van der Waals surface area contributed by atoms with Gasteiger partial charge in [0.25, 0.3) is 5.91 Å². The molecule has 0 fully saturated rings. The molecule has 8 nitrogen and oxygen atoms in total. The van der Waals surface area contributed by atoms with Crippen molar-refractivity contribution in [1.82, 2.24) is 14.9 Å². The van der Waals surface area contributed by atoms with E-state index < -0.39 is 0 Å². The fraction of sp³-hybridized carbons (Fsp3) is 0.250. The highest BCUT2D eigenvalue weighted by molar-refractivity contribution is 6.33. The maximum atomic E-state index is 13.8. The second-order valence-electron chi connectivity index (χ2n) is 9.61. The summed E-state index contributed by atoms with van der Waals surface area (Å²) < 4.78 is 15.9. The third-order valence-corrected chi connectivity index (χ3v) is 7.25. The van der Waals surface area contributed by atoms with Crippen LogP contribution in [-0.4, -0.2) is 47.6 Å². The third-order valence-electron chi connectivity index (χ3n) is 6.92. The van der Waals surface area contributed by atoms with E-state index in [-0.39, 0.29) is 18.3 Å². The minimum atomic E-state index is -0.266. The molecular formula is C32H30ClN3O5. The van der Waals surface area contributed by atoms with Crippen LogP contribution in [-0.2, 0) is 35.5 Å². The molecule has 0 N–H and O–H groups in total. The largest absolute Gasteiger partial charge is 0.497 e. The Hall–Kier alpha value is -4.43. The van der Waals surface area contributed by atoms with Crippen molar-refractivity contribution in [2.45, 2.75) is 32.9 Å². The van der Waals surface area contributed by atoms with Gasteiger partial charge in [0.05, 0.1) is 62.3 Å². The highest BCUT2D eigenvalue weighted by Crippen LogP contribution is 2.33. The number of rotatable bonds is 10. The first-order chi connectivity index (χ1) is 19.9. The maximum Gasteiger partial charge on any atom is 0.310 e. The van der Waals surface area contributed by atoms with Crippen LogP contribution in [0.1, 0.15) is 45.4 Å². The molecule has 1 amide bonds. The van der Waals surface area contributed by atoms with Crippen LogP contribution in [0.2, 0.25) is 5.02 Å². The normalized spacial score (nSPS) is 12.3. The lowest BCUT2D eigenvalue weighted by Gasteiger charge is -2.18. The summed E-state index contributed by atoms with van der Waals surface area (Å²) in [5.74, 6) is 1.38. The molecule has 0 atom stereocenters. The molecule has 2 heterocycles. The number of hydrogen-bond acceptors (Lipinski definition) is 7. The summed E-state index contributed by atoms with van der Waals surface area (Å²) in [6, 6.07) is 20.6. The van der Waals surface area contributed by atoms with E-state index in [1.54, 1.807) is 38.2 Å². The number of esters is 1. The lowest BCUT2D eigenvalue weighted by molar-refractivity contribution is -0.142. The van der Waals surface area contributed by atoms with Crippen LogP contribution in [0.25, 0.3) is 11.4 Å². The van der Waals surface area contributed by atoms with Gasteiger partial charge in [0.1, 0.15) is 11.5 Å². The van der Waals surface area contributed by atoms with Gasteiger partial charge in [-0.15, -0.1) is 0 Å². The van der Waals surface area contributed by atoms with E-state index in [2.05, 4.69) is 0 Å². The van der Waals surface area contributed by atoms with E-state index in [1.165, 1.54) is 0 Å². The van der Waals surface area contributed by atoms with E-state index in [1.807, 2.05) is 54.6 Å². The Kier molecular flexibility index (Phi) is 8.50. The Morgan fingerprint density at radius 2 is 1.73 bits per heavy atom. The van der Waals surface area contributed by atoms with Crippen molar-refractivity contribution in [3.8, 4) is 22.9 Å². The van der Waals surface area contributed by atoms with Gasteiger partial charge in [-0.05, 0) is 42.3 Å². The van der Waals surface area contributed by atoms with Crippen molar-refractivity contribution >= 4 is 23.5 Å². The number of amides is 1. The number of hydrogen-bond donors (Lipinski definition) is 0. The number of carbonyl (C=O) groups excluding carboxylic acids is 2. The summed E-state index contributed by atoms with van der Waals surface area (Å²) >= 11 is 6.51. The predicted octanol–water partition coefficient (Wildman–Crippen LogP) is 5.67. The first-order valence-corrected chi connectivity index (χ1v) is 13.7. The molecule has 41 heavy (non-hydrogen) atoms. The second kappa shape index (κ2) is 12.4. The van der Waals surface area contributed by atoms with Gasteiger partial charge in [0.15, 0.2) is 5.82 Å². The van der Waals surface area contributed by atoms with Crippen LogP contribution < -0.4 is 9.47 Å². The van der Waals surface area contributed by atoms with Gasteiger partial charge >= 0.3 is 5.97 Å². The van der Waals surface area contributed by atoms with Crippen LogP contribution in [0.3, 0.4) is 0 Å². The van der Waals surface area contributed by atoms with Crippen molar-refractivity contribution in [1.29, 1.82) is 0 Å². The van der Waals surface area contributed by atoms with Crippen molar-refractivity contribution < 1.29 is 23.8 Å². The first-order valence-electron chi connectivity index (χ1n) is 13.3. The van der Waals surface area contributed by atoms with Crippen molar-refractivity contribution in [2.24, 2.45) is 0 Å². The molecule has 210 valence electrons. The average molecular weight is 572 g/mol. The number of aromatic nitrogens is 2. The number of nitrogens with zero attached hydrogens (tertiary/aromatic N) is 3. The predicted molar refractivity (Wildman–Crippen MR) is 155 cm³/mol. The lowest BCUT2D eigenvalue weighted by Crippen LogP contribution is -2.24. The van der Waals surface area contributed by atoms with Gasteiger partial charge < -0.3 is 19.1 Å². The van der Waals surface area contributed by atoms with Gasteiger partial charge in [-0.25, -0.2) is 9.97 Å². The fourth-order valence-electron chi connectivity index (χ4n) is 4.88. The number of fused-ring (bicyclic) bond motifs is 1. The fourth-order valence-corrected chi connectivity index (χ4v) is 5.10. The van der Waals surface area contributed by atoms with Crippen LogP contribution >= 0.6 is 11.6 Å². The molecular weight excluding hydrogens is 542 g/mol. The molecule has 1 aliphatic rings. The molecule has 0 saturated heterocycles. The molecule has 0 spiro atoms. The number of carbonyl (C=O) groups is 2. The zero-order chi connectivity index (χ0) is 28.9. The molecule has 0 unspecified atom stereocenters. The first kappa shape index (κ1) is 28.1. The van der Waals surface area contributed by atoms with Crippen molar-refractivity contribution in [3.05, 3.63) is 105 Å². The topological polar surface area (TPSA) is 90.9 Å². The number of methoxy groups -OCH3 is 2. The molecule has 0 bridgehead atoms. The average Bonchev–Trinajstić information content (AvgIpc) is 3.29. The maximum absolute atomic E-state index is 13.8. The lowest BCUT2D eigenvalue weighted by atomic mass is 10.0. The zero-order valence-corrected chi connectivity index (χ0v) is 23.9. The highest BCUT2D eigenvalue weighted by Gasteiger charge is 2.33. The molecule has 0 saturated carbocycles. The van der Waals surface area contributed by atoms with E-state index in [0.717, 1.165) is 16.7 Å². The van der Waals surface area contributed by atoms with Crippen LogP contribution in [0.5, 0.6) is 11.5 Å². The van der Waals surface area contributed by atoms with Crippen LogP contribution in [0.15, 0.2) is 66.7 Å². The van der Waals surface area contributed by atoms with E-state index in [9.17, 15) is 9.59 Å². The van der Waals surface area contributed by atoms with Crippen molar-refractivity contribution in [3.63, 3.8) is 0 Å². The number of ether oxygens (including phenoxy) is 3. The number of halogens is 1. The smallest absolute Gasteiger partial charge is 0.310 e. The Labute approximate surface area is 243 Å². The van der Waals surface area contributed by atoms with Gasteiger partial charge in [-0.2, -0.15) is 0 Å². The highest BCUT2D eigenvalue weighted by atomic mass is 35.5. The Balaban J connectivity index is 1.48. The van der Waals surface area contributed by atoms with Gasteiger partial charge in [0, 0.05) is 23.6 Å². The standard InChI is InChI=1S/C32H30ClN3O5/c1-4-41-29(37)16-21-11-9-20(10-12-21)15-26-30-27(35-31(34-26)24-7-5-6-8-25(24)33)19-36(32(30)38)18-22-13-14-23(39-2)17-28(22)40-3/h5-14,17H,4,15-16,18-19H2,1-3H3. The van der Waals surface area contributed by atoms with E-state index in [4.69, 9.17) is 35.8 Å². The summed E-state index contributed by atoms with van der Waals surface area (Å²) in [5, 5.41) is 0.533. The molecule has 5 rings (SSSR count). The minimum Gasteiger partial charge on any atom is -0.497 e. The van der Waals surface area contributed by atoms with Crippen LogP contribution in [0.4, 0.5) is 0 Å². The minimum absolute atomic E-state index is 0.141. The molecule has 0 radical (unpaired) electrons. The summed E-state index contributed by atoms with van der Waals surface area (Å²) in [7, 11) is 3.19. The summed E-state index contributed by atoms with van der Waals surface area (Å²) in [6.45, 7) is 2.80. The monoisotopic (exact) mass is 571 g/mol. The zero-order valence-electron chi connectivity index (χ0n) is 23.1. The van der Waals surface area contributed by atoms with Gasteiger partial charge in [-0.1, -0.05) is 48.0 Å². The third kappa shape index (κ3) is 6.18. The molecule has 3 aromatic carbocycles. The van der Waals surface area contributed by atoms with Gasteiger partial charge in [-0.3, -0.25) is 9.59 Å². The van der Waals surface area contributed by atoms with Crippen LogP contribution in [0, 0.1) is 0 Å². The molecule has 1 aliphatic heterocycles. The Bertz CT molecular complexity index is 1590. The molecule has 9 heteroatoms. The summed E-state index contributed by atoms with van der Waals surface area (Å²) in [5.41, 5.74) is 5.14. The Morgan fingerprint density at radius 1 is 0.976 bits per heavy atom. The van der Waals surface area contributed by atoms with Gasteiger partial charge in [0.2, 0.25) is 0 Å².